The molecule has 104 valence electrons. The first-order valence-electron chi connectivity index (χ1n) is 7.30. The predicted molar refractivity (Wildman–Crippen MR) is 86.8 cm³/mol. The third-order valence-corrected chi connectivity index (χ3v) is 4.18. The Kier molecular flexibility index (Phi) is 2.27. The molecular formula is C19H12N2O. The zero-order valence-corrected chi connectivity index (χ0v) is 11.8. The van der Waals surface area contributed by atoms with Crippen LogP contribution in [0.1, 0.15) is 5.56 Å². The van der Waals surface area contributed by atoms with E-state index in [9.17, 15) is 0 Å². The maximum atomic E-state index is 5.85. The average molecular weight is 284 g/mol. The summed E-state index contributed by atoms with van der Waals surface area (Å²) in [6.45, 7) is 0.554. The van der Waals surface area contributed by atoms with Crippen LogP contribution in [0, 0.1) is 0 Å². The molecule has 2 aromatic carbocycles. The molecule has 0 fully saturated rings. The summed E-state index contributed by atoms with van der Waals surface area (Å²) in [4.78, 5) is 9.35. The summed E-state index contributed by atoms with van der Waals surface area (Å²) in [5, 5.41) is 3.40. The van der Waals surface area contributed by atoms with Crippen molar-refractivity contribution in [3.8, 4) is 17.0 Å². The molecule has 0 amide bonds. The van der Waals surface area contributed by atoms with Crippen LogP contribution in [0.5, 0.6) is 5.75 Å². The van der Waals surface area contributed by atoms with Crippen LogP contribution in [0.25, 0.3) is 33.1 Å². The molecule has 3 nitrogen and oxygen atoms in total. The van der Waals surface area contributed by atoms with E-state index >= 15 is 0 Å². The van der Waals surface area contributed by atoms with Gasteiger partial charge in [-0.25, -0.2) is 9.97 Å². The van der Waals surface area contributed by atoms with Gasteiger partial charge in [-0.15, -0.1) is 0 Å². The largest absolute Gasteiger partial charge is 0.488 e. The van der Waals surface area contributed by atoms with Crippen molar-refractivity contribution in [2.75, 3.05) is 0 Å². The van der Waals surface area contributed by atoms with E-state index in [4.69, 9.17) is 9.72 Å². The zero-order valence-electron chi connectivity index (χ0n) is 11.8. The van der Waals surface area contributed by atoms with Crippen molar-refractivity contribution in [2.45, 2.75) is 6.61 Å². The third-order valence-electron chi connectivity index (χ3n) is 4.18. The molecule has 3 heterocycles. The predicted octanol–water partition coefficient (Wildman–Crippen LogP) is 4.34. The topological polar surface area (TPSA) is 35.0 Å². The highest BCUT2D eigenvalue weighted by Crippen LogP contribution is 2.37. The second-order valence-corrected chi connectivity index (χ2v) is 5.50. The Labute approximate surface area is 127 Å². The molecule has 0 N–H and O–H groups in total. The molecular weight excluding hydrogens is 272 g/mol. The van der Waals surface area contributed by atoms with E-state index in [0.717, 1.165) is 39.0 Å². The fourth-order valence-corrected chi connectivity index (χ4v) is 3.11. The monoisotopic (exact) mass is 284 g/mol. The van der Waals surface area contributed by atoms with Gasteiger partial charge < -0.3 is 4.74 Å². The van der Waals surface area contributed by atoms with Crippen LogP contribution < -0.4 is 4.74 Å². The highest BCUT2D eigenvalue weighted by molar-refractivity contribution is 6.05. The van der Waals surface area contributed by atoms with Crippen LogP contribution >= 0.6 is 0 Å². The summed E-state index contributed by atoms with van der Waals surface area (Å²) in [7, 11) is 0. The minimum atomic E-state index is 0.554. The number of hydrogen-bond donors (Lipinski definition) is 0. The molecule has 0 atom stereocenters. The number of nitrogens with zero attached hydrogens (tertiary/aromatic N) is 2. The van der Waals surface area contributed by atoms with Gasteiger partial charge in [0.2, 0.25) is 0 Å². The molecule has 1 aliphatic heterocycles. The summed E-state index contributed by atoms with van der Waals surface area (Å²) in [6.07, 6.45) is 1.89. The molecule has 22 heavy (non-hydrogen) atoms. The maximum absolute atomic E-state index is 5.85. The summed E-state index contributed by atoms with van der Waals surface area (Å²) in [6, 6.07) is 18.5. The number of fused-ring (bicyclic) bond motifs is 6. The molecule has 5 rings (SSSR count). The molecule has 1 aliphatic rings. The van der Waals surface area contributed by atoms with Crippen molar-refractivity contribution >= 4 is 21.8 Å². The van der Waals surface area contributed by atoms with E-state index in [0.29, 0.717) is 6.61 Å². The highest BCUT2D eigenvalue weighted by atomic mass is 16.5. The summed E-state index contributed by atoms with van der Waals surface area (Å²) in [5.74, 6) is 0.891. The number of pyridine rings is 2. The fraction of sp³-hybridized carbons (Fsp3) is 0.0526. The Bertz CT molecular complexity index is 1040. The Morgan fingerprint density at radius 3 is 2.77 bits per heavy atom. The molecule has 0 saturated carbocycles. The zero-order chi connectivity index (χ0) is 14.5. The number of para-hydroxylation sites is 1. The molecule has 0 spiro atoms. The smallest absolute Gasteiger partial charge is 0.160 e. The van der Waals surface area contributed by atoms with E-state index in [-0.39, 0.29) is 0 Å². The van der Waals surface area contributed by atoms with Gasteiger partial charge in [0.15, 0.2) is 5.65 Å². The van der Waals surface area contributed by atoms with Crippen LogP contribution in [0.3, 0.4) is 0 Å². The Morgan fingerprint density at radius 1 is 0.909 bits per heavy atom. The summed E-state index contributed by atoms with van der Waals surface area (Å²) in [5.41, 5.74) is 3.93. The third kappa shape index (κ3) is 1.56. The van der Waals surface area contributed by atoms with Crippen LogP contribution in [-0.4, -0.2) is 9.97 Å². The molecule has 0 saturated heterocycles. The van der Waals surface area contributed by atoms with Gasteiger partial charge >= 0.3 is 0 Å². The average Bonchev–Trinajstić information content (AvgIpc) is 2.60. The first kappa shape index (κ1) is 11.7. The minimum absolute atomic E-state index is 0.554. The van der Waals surface area contributed by atoms with Crippen molar-refractivity contribution < 1.29 is 4.74 Å². The van der Waals surface area contributed by atoms with E-state index in [2.05, 4.69) is 23.2 Å². The van der Waals surface area contributed by atoms with Crippen LogP contribution in [0.2, 0.25) is 0 Å². The SMILES string of the molecule is c1ccc2c(c1)OCc1cc3c(ncc4ccccc43)nc1-2. The van der Waals surface area contributed by atoms with E-state index in [1.165, 1.54) is 5.39 Å². The van der Waals surface area contributed by atoms with E-state index in [1.54, 1.807) is 0 Å². The second-order valence-electron chi connectivity index (χ2n) is 5.50. The molecule has 2 aromatic heterocycles. The molecule has 0 radical (unpaired) electrons. The van der Waals surface area contributed by atoms with Gasteiger partial charge in [0, 0.05) is 28.1 Å². The van der Waals surface area contributed by atoms with Crippen LogP contribution in [-0.2, 0) is 6.61 Å². The number of benzene rings is 2. The standard InChI is InChI=1S/C19H12N2O/c1-2-6-14-12(5-1)10-20-19-16(14)9-13-11-22-17-8-4-3-7-15(17)18(13)21-19/h1-10H,11H2. The van der Waals surface area contributed by atoms with Gasteiger partial charge in [-0.3, -0.25) is 0 Å². The summed E-state index contributed by atoms with van der Waals surface area (Å²) >= 11 is 0. The van der Waals surface area contributed by atoms with Crippen molar-refractivity contribution in [1.29, 1.82) is 0 Å². The lowest BCUT2D eigenvalue weighted by Crippen LogP contribution is -2.07. The van der Waals surface area contributed by atoms with Crippen LogP contribution in [0.15, 0.2) is 60.8 Å². The molecule has 0 bridgehead atoms. The van der Waals surface area contributed by atoms with Crippen molar-refractivity contribution in [3.05, 3.63) is 66.4 Å². The maximum Gasteiger partial charge on any atom is 0.160 e. The molecule has 4 aromatic rings. The van der Waals surface area contributed by atoms with Gasteiger partial charge in [-0.05, 0) is 23.6 Å². The lowest BCUT2D eigenvalue weighted by molar-refractivity contribution is 0.302. The van der Waals surface area contributed by atoms with Gasteiger partial charge in [0.25, 0.3) is 0 Å². The van der Waals surface area contributed by atoms with Gasteiger partial charge in [-0.2, -0.15) is 0 Å². The number of ether oxygens (including phenoxy) is 1. The second kappa shape index (κ2) is 4.28. The number of rotatable bonds is 0. The molecule has 0 unspecified atom stereocenters. The van der Waals surface area contributed by atoms with E-state index < -0.39 is 0 Å². The Balaban J connectivity index is 1.88. The lowest BCUT2D eigenvalue weighted by atomic mass is 10.00. The minimum Gasteiger partial charge on any atom is -0.488 e. The van der Waals surface area contributed by atoms with Crippen molar-refractivity contribution in [1.82, 2.24) is 9.97 Å². The summed E-state index contributed by atoms with van der Waals surface area (Å²) < 4.78 is 5.85. The molecule has 3 heteroatoms. The van der Waals surface area contributed by atoms with Gasteiger partial charge in [0.05, 0.1) is 5.69 Å². The van der Waals surface area contributed by atoms with Gasteiger partial charge in [-0.1, -0.05) is 36.4 Å². The normalized spacial score (nSPS) is 12.7. The van der Waals surface area contributed by atoms with Crippen molar-refractivity contribution in [3.63, 3.8) is 0 Å². The first-order valence-corrected chi connectivity index (χ1v) is 7.30. The van der Waals surface area contributed by atoms with E-state index in [1.807, 2.05) is 42.6 Å². The Hall–Kier alpha value is -2.94. The van der Waals surface area contributed by atoms with Crippen LogP contribution in [0.4, 0.5) is 0 Å². The number of hydrogen-bond acceptors (Lipinski definition) is 3. The highest BCUT2D eigenvalue weighted by Gasteiger charge is 2.19. The first-order chi connectivity index (χ1) is 10.9. The van der Waals surface area contributed by atoms with Crippen molar-refractivity contribution in [2.24, 2.45) is 0 Å². The Morgan fingerprint density at radius 2 is 1.77 bits per heavy atom. The quantitative estimate of drug-likeness (QED) is 0.450. The fourth-order valence-electron chi connectivity index (χ4n) is 3.11. The number of aromatic nitrogens is 2. The van der Waals surface area contributed by atoms with Gasteiger partial charge in [0.1, 0.15) is 12.4 Å². The molecule has 0 aliphatic carbocycles. The lowest BCUT2D eigenvalue weighted by Gasteiger charge is -2.20.